The predicted octanol–water partition coefficient (Wildman–Crippen LogP) is 6.02. The molecular formula is C26H29Cl2NO6. The van der Waals surface area contributed by atoms with Crippen LogP contribution in [0.1, 0.15) is 50.3 Å². The first kappa shape index (κ1) is 26.7. The summed E-state index contributed by atoms with van der Waals surface area (Å²) in [6.07, 6.45) is 2.40. The number of benzene rings is 2. The Balaban J connectivity index is 2.20. The minimum absolute atomic E-state index is 0.0400. The minimum atomic E-state index is -0.800. The molecule has 1 aliphatic rings. The molecule has 1 heterocycles. The second kappa shape index (κ2) is 11.7. The Morgan fingerprint density at radius 1 is 1.03 bits per heavy atom. The third kappa shape index (κ3) is 5.21. The fraction of sp³-hybridized carbons (Fsp3) is 0.385. The summed E-state index contributed by atoms with van der Waals surface area (Å²) in [6.45, 7) is 4.95. The van der Waals surface area contributed by atoms with Crippen LogP contribution in [-0.2, 0) is 9.59 Å². The van der Waals surface area contributed by atoms with Crippen molar-refractivity contribution in [3.8, 4) is 17.2 Å². The van der Waals surface area contributed by atoms with E-state index in [1.165, 1.54) is 25.2 Å². The van der Waals surface area contributed by atoms with Gasteiger partial charge in [-0.3, -0.25) is 9.59 Å². The summed E-state index contributed by atoms with van der Waals surface area (Å²) in [5.41, 5.74) is 0.684. The topological polar surface area (TPSA) is 85.3 Å². The molecule has 1 amide bonds. The largest absolute Gasteiger partial charge is 0.507 e. The molecule has 35 heavy (non-hydrogen) atoms. The molecule has 2 aromatic rings. The molecule has 188 valence electrons. The van der Waals surface area contributed by atoms with Gasteiger partial charge in [-0.2, -0.15) is 0 Å². The summed E-state index contributed by atoms with van der Waals surface area (Å²) < 4.78 is 16.3. The highest BCUT2D eigenvalue weighted by molar-refractivity contribution is 6.47. The molecule has 1 aliphatic heterocycles. The third-order valence-corrected chi connectivity index (χ3v) is 6.38. The van der Waals surface area contributed by atoms with Gasteiger partial charge < -0.3 is 24.2 Å². The summed E-state index contributed by atoms with van der Waals surface area (Å²) in [4.78, 5) is 27.7. The zero-order chi connectivity index (χ0) is 25.7. The zero-order valence-corrected chi connectivity index (χ0v) is 21.7. The Morgan fingerprint density at radius 2 is 1.69 bits per heavy atom. The second-order valence-corrected chi connectivity index (χ2v) is 8.84. The normalized spacial score (nSPS) is 17.1. The van der Waals surface area contributed by atoms with Gasteiger partial charge in [-0.15, -0.1) is 0 Å². The first-order valence-electron chi connectivity index (χ1n) is 11.4. The van der Waals surface area contributed by atoms with Gasteiger partial charge >= 0.3 is 0 Å². The summed E-state index contributed by atoms with van der Waals surface area (Å²) >= 11 is 12.7. The molecule has 0 aromatic heterocycles. The number of hydrogen-bond donors (Lipinski definition) is 1. The zero-order valence-electron chi connectivity index (χ0n) is 20.2. The molecule has 0 bridgehead atoms. The van der Waals surface area contributed by atoms with Crippen LogP contribution in [0.3, 0.4) is 0 Å². The fourth-order valence-electron chi connectivity index (χ4n) is 4.04. The minimum Gasteiger partial charge on any atom is -0.507 e. The van der Waals surface area contributed by atoms with Gasteiger partial charge in [-0.05, 0) is 36.6 Å². The predicted molar refractivity (Wildman–Crippen MR) is 136 cm³/mol. The molecule has 9 heteroatoms. The molecule has 2 aromatic carbocycles. The molecule has 0 saturated carbocycles. The standard InChI is InChI=1S/C26H29Cl2NO6/c1-5-7-12-29-21(15-8-10-16(11-9-15)35-13-6-2)19(23(31)26(29)32)22(30)17-14-18(27)25(34-4)20(28)24(17)33-3/h8-11,14,21,30H,5-7,12-13H2,1-4H3/b22-19+. The number of likely N-dealkylation sites (tertiary alicyclic amines) is 1. The van der Waals surface area contributed by atoms with Crippen molar-refractivity contribution in [2.24, 2.45) is 0 Å². The Hall–Kier alpha value is -2.90. The van der Waals surface area contributed by atoms with Gasteiger partial charge in [0.05, 0.1) is 43.0 Å². The fourth-order valence-corrected chi connectivity index (χ4v) is 4.73. The number of aliphatic hydroxyl groups is 1. The molecule has 0 spiro atoms. The number of carbonyl (C=O) groups excluding carboxylic acids is 2. The van der Waals surface area contributed by atoms with Crippen LogP contribution < -0.4 is 14.2 Å². The van der Waals surface area contributed by atoms with Crippen LogP contribution >= 0.6 is 23.2 Å². The molecule has 1 N–H and O–H groups in total. The monoisotopic (exact) mass is 521 g/mol. The Labute approximate surface area is 215 Å². The number of aliphatic hydroxyl groups excluding tert-OH is 1. The summed E-state index contributed by atoms with van der Waals surface area (Å²) in [7, 11) is 2.77. The molecule has 7 nitrogen and oxygen atoms in total. The average Bonchev–Trinajstić information content (AvgIpc) is 3.10. The van der Waals surface area contributed by atoms with E-state index < -0.39 is 23.5 Å². The van der Waals surface area contributed by atoms with Crippen molar-refractivity contribution in [1.82, 2.24) is 4.90 Å². The lowest BCUT2D eigenvalue weighted by molar-refractivity contribution is -0.139. The van der Waals surface area contributed by atoms with Crippen molar-refractivity contribution >= 4 is 40.7 Å². The van der Waals surface area contributed by atoms with Gasteiger partial charge in [0.2, 0.25) is 0 Å². The van der Waals surface area contributed by atoms with E-state index in [2.05, 4.69) is 0 Å². The maximum absolute atomic E-state index is 13.2. The Morgan fingerprint density at radius 3 is 2.26 bits per heavy atom. The van der Waals surface area contributed by atoms with E-state index >= 15 is 0 Å². The van der Waals surface area contributed by atoms with Crippen molar-refractivity contribution < 1.29 is 28.9 Å². The van der Waals surface area contributed by atoms with Gasteiger partial charge in [0.25, 0.3) is 11.7 Å². The number of ether oxygens (including phenoxy) is 3. The first-order chi connectivity index (χ1) is 16.8. The molecule has 1 unspecified atom stereocenters. The van der Waals surface area contributed by atoms with E-state index in [9.17, 15) is 14.7 Å². The highest BCUT2D eigenvalue weighted by Gasteiger charge is 2.46. The van der Waals surface area contributed by atoms with E-state index in [1.54, 1.807) is 24.3 Å². The Bertz CT molecular complexity index is 1130. The average molecular weight is 522 g/mol. The van der Waals surface area contributed by atoms with Crippen LogP contribution in [0.2, 0.25) is 10.0 Å². The quantitative estimate of drug-likeness (QED) is 0.233. The third-order valence-electron chi connectivity index (χ3n) is 5.76. The van der Waals surface area contributed by atoms with Crippen LogP contribution in [0.5, 0.6) is 17.2 Å². The van der Waals surface area contributed by atoms with Gasteiger partial charge in [-0.25, -0.2) is 0 Å². The van der Waals surface area contributed by atoms with Gasteiger partial charge in [0.15, 0.2) is 11.5 Å². The van der Waals surface area contributed by atoms with Crippen LogP contribution in [0.15, 0.2) is 35.9 Å². The van der Waals surface area contributed by atoms with Crippen molar-refractivity contribution in [2.75, 3.05) is 27.4 Å². The maximum Gasteiger partial charge on any atom is 0.295 e. The van der Waals surface area contributed by atoms with Crippen molar-refractivity contribution in [2.45, 2.75) is 39.2 Å². The van der Waals surface area contributed by atoms with Gasteiger partial charge in [0.1, 0.15) is 16.5 Å². The lowest BCUT2D eigenvalue weighted by atomic mass is 9.94. The van der Waals surface area contributed by atoms with Crippen molar-refractivity contribution in [3.05, 3.63) is 57.1 Å². The number of hydrogen-bond acceptors (Lipinski definition) is 6. The molecule has 1 fully saturated rings. The number of rotatable bonds is 10. The number of ketones is 1. The number of halogens is 2. The molecule has 1 saturated heterocycles. The van der Waals surface area contributed by atoms with E-state index in [-0.39, 0.29) is 32.7 Å². The second-order valence-electron chi connectivity index (χ2n) is 8.05. The summed E-state index contributed by atoms with van der Waals surface area (Å²) in [5, 5.41) is 11.6. The van der Waals surface area contributed by atoms with Gasteiger partial charge in [-0.1, -0.05) is 55.6 Å². The SMILES string of the molecule is CCCCN1C(=O)C(=O)/C(=C(/O)c2cc(Cl)c(OC)c(Cl)c2OC)C1c1ccc(OCCC)cc1. The van der Waals surface area contributed by atoms with E-state index in [0.29, 0.717) is 30.9 Å². The van der Waals surface area contributed by atoms with Crippen LogP contribution in [-0.4, -0.2) is 49.1 Å². The highest BCUT2D eigenvalue weighted by Crippen LogP contribution is 2.47. The lowest BCUT2D eigenvalue weighted by Crippen LogP contribution is -2.30. The van der Waals surface area contributed by atoms with Crippen molar-refractivity contribution in [1.29, 1.82) is 0 Å². The maximum atomic E-state index is 13.2. The number of nitrogens with zero attached hydrogens (tertiary/aromatic N) is 1. The summed E-state index contributed by atoms with van der Waals surface area (Å²) in [6, 6.07) is 7.75. The number of Topliss-reactive ketones (excluding diaryl/α,β-unsaturated/α-hetero) is 1. The van der Waals surface area contributed by atoms with E-state index in [0.717, 1.165) is 12.8 Å². The van der Waals surface area contributed by atoms with Crippen LogP contribution in [0, 0.1) is 0 Å². The molecule has 0 aliphatic carbocycles. The summed E-state index contributed by atoms with van der Waals surface area (Å²) in [5.74, 6) is -0.976. The number of amides is 1. The molecular weight excluding hydrogens is 493 g/mol. The number of carbonyl (C=O) groups is 2. The first-order valence-corrected chi connectivity index (χ1v) is 12.2. The number of methoxy groups -OCH3 is 2. The number of unbranched alkanes of at least 4 members (excludes halogenated alkanes) is 1. The molecule has 3 rings (SSSR count). The van der Waals surface area contributed by atoms with E-state index in [1.807, 2.05) is 13.8 Å². The van der Waals surface area contributed by atoms with Crippen LogP contribution in [0.4, 0.5) is 0 Å². The molecule has 0 radical (unpaired) electrons. The van der Waals surface area contributed by atoms with E-state index in [4.69, 9.17) is 37.4 Å². The smallest absolute Gasteiger partial charge is 0.295 e. The van der Waals surface area contributed by atoms with Crippen LogP contribution in [0.25, 0.3) is 5.76 Å². The lowest BCUT2D eigenvalue weighted by Gasteiger charge is -2.25. The van der Waals surface area contributed by atoms with Crippen molar-refractivity contribution in [3.63, 3.8) is 0 Å². The highest BCUT2D eigenvalue weighted by atomic mass is 35.5. The Kier molecular flexibility index (Phi) is 8.92. The molecule has 1 atom stereocenters. The van der Waals surface area contributed by atoms with Gasteiger partial charge in [0, 0.05) is 6.54 Å².